The largest absolute Gasteiger partial charge is 0.485 e. The van der Waals surface area contributed by atoms with E-state index in [9.17, 15) is 9.59 Å². The van der Waals surface area contributed by atoms with Crippen LogP contribution in [0.25, 0.3) is 0 Å². The number of ether oxygens (including phenoxy) is 2. The van der Waals surface area contributed by atoms with Crippen molar-refractivity contribution in [2.24, 2.45) is 0 Å². The number of rotatable bonds is 1. The van der Waals surface area contributed by atoms with Crippen LogP contribution in [0.3, 0.4) is 0 Å². The van der Waals surface area contributed by atoms with Gasteiger partial charge in [-0.2, -0.15) is 0 Å². The number of imide groups is 1. The van der Waals surface area contributed by atoms with Gasteiger partial charge in [0.25, 0.3) is 0 Å². The van der Waals surface area contributed by atoms with Gasteiger partial charge in [0.15, 0.2) is 0 Å². The third kappa shape index (κ3) is 2.96. The summed E-state index contributed by atoms with van der Waals surface area (Å²) in [6, 6.07) is 4.84. The second-order valence-corrected chi connectivity index (χ2v) is 4.90. The minimum atomic E-state index is -0.814. The standard InChI is InChI=1S/C13H16N2O4/c1-13(2)7-8-5-4-6-9(10(8)19-13)14-11(16)15-12(17)18-3/h4-6H,7H2,1-3H3,(H2,14,15,16,17). The number of carbonyl (C=O) groups is 2. The molecule has 6 heteroatoms. The van der Waals surface area contributed by atoms with Gasteiger partial charge in [-0.25, -0.2) is 14.9 Å². The molecule has 1 aliphatic heterocycles. The van der Waals surface area contributed by atoms with Crippen LogP contribution in [0.1, 0.15) is 19.4 Å². The number of fused-ring (bicyclic) bond motifs is 1. The molecular weight excluding hydrogens is 248 g/mol. The van der Waals surface area contributed by atoms with Gasteiger partial charge in [-0.3, -0.25) is 0 Å². The smallest absolute Gasteiger partial charge is 0.415 e. The van der Waals surface area contributed by atoms with Crippen LogP contribution < -0.4 is 15.4 Å². The highest BCUT2D eigenvalue weighted by molar-refractivity contribution is 5.99. The van der Waals surface area contributed by atoms with Gasteiger partial charge in [-0.05, 0) is 19.9 Å². The lowest BCUT2D eigenvalue weighted by Gasteiger charge is -2.18. The van der Waals surface area contributed by atoms with E-state index in [1.54, 1.807) is 6.07 Å². The average Bonchev–Trinajstić information content (AvgIpc) is 2.64. The van der Waals surface area contributed by atoms with Gasteiger partial charge >= 0.3 is 12.1 Å². The zero-order chi connectivity index (χ0) is 14.0. The van der Waals surface area contributed by atoms with Crippen LogP contribution in [-0.2, 0) is 11.2 Å². The van der Waals surface area contributed by atoms with Crippen LogP contribution in [0, 0.1) is 0 Å². The fourth-order valence-electron chi connectivity index (χ4n) is 2.01. The summed E-state index contributed by atoms with van der Waals surface area (Å²) in [5.41, 5.74) is 1.27. The highest BCUT2D eigenvalue weighted by atomic mass is 16.5. The Kier molecular flexibility index (Phi) is 3.33. The van der Waals surface area contributed by atoms with Gasteiger partial charge in [-0.15, -0.1) is 0 Å². The molecule has 0 aromatic heterocycles. The highest BCUT2D eigenvalue weighted by Gasteiger charge is 2.32. The molecule has 0 radical (unpaired) electrons. The Bertz CT molecular complexity index is 525. The second-order valence-electron chi connectivity index (χ2n) is 4.90. The highest BCUT2D eigenvalue weighted by Crippen LogP contribution is 2.40. The minimum absolute atomic E-state index is 0.293. The van der Waals surface area contributed by atoms with Gasteiger partial charge in [0.2, 0.25) is 0 Å². The van der Waals surface area contributed by atoms with E-state index in [0.29, 0.717) is 11.4 Å². The maximum Gasteiger partial charge on any atom is 0.415 e. The van der Waals surface area contributed by atoms with Crippen molar-refractivity contribution in [3.05, 3.63) is 23.8 Å². The van der Waals surface area contributed by atoms with Crippen LogP contribution in [0.5, 0.6) is 5.75 Å². The SMILES string of the molecule is COC(=O)NC(=O)Nc1cccc2c1OC(C)(C)C2. The number of urea groups is 1. The zero-order valence-corrected chi connectivity index (χ0v) is 11.1. The first-order valence-electron chi connectivity index (χ1n) is 5.88. The minimum Gasteiger partial charge on any atom is -0.485 e. The Balaban J connectivity index is 2.13. The van der Waals surface area contributed by atoms with E-state index in [2.05, 4.69) is 10.1 Å². The van der Waals surface area contributed by atoms with Gasteiger partial charge in [0.1, 0.15) is 11.4 Å². The molecule has 0 spiro atoms. The molecule has 0 fully saturated rings. The van der Waals surface area contributed by atoms with Crippen LogP contribution in [0.15, 0.2) is 18.2 Å². The molecule has 2 rings (SSSR count). The van der Waals surface area contributed by atoms with E-state index in [1.807, 2.05) is 31.3 Å². The number of hydrogen-bond acceptors (Lipinski definition) is 4. The molecule has 1 aliphatic rings. The summed E-state index contributed by atoms with van der Waals surface area (Å²) in [4.78, 5) is 22.5. The van der Waals surface area contributed by atoms with Gasteiger partial charge in [0, 0.05) is 12.0 Å². The summed E-state index contributed by atoms with van der Waals surface area (Å²) in [6.07, 6.45) is -0.0393. The number of methoxy groups -OCH3 is 1. The third-order valence-corrected chi connectivity index (χ3v) is 2.74. The van der Waals surface area contributed by atoms with Crippen molar-refractivity contribution < 1.29 is 19.1 Å². The molecule has 1 aromatic carbocycles. The Morgan fingerprint density at radius 3 is 2.79 bits per heavy atom. The fourth-order valence-corrected chi connectivity index (χ4v) is 2.01. The topological polar surface area (TPSA) is 76.7 Å². The second kappa shape index (κ2) is 4.79. The maximum atomic E-state index is 11.6. The summed E-state index contributed by atoms with van der Waals surface area (Å²) in [6.45, 7) is 3.95. The van der Waals surface area contributed by atoms with Crippen molar-refractivity contribution in [1.82, 2.24) is 5.32 Å². The number of benzene rings is 1. The lowest BCUT2D eigenvalue weighted by atomic mass is 10.0. The fraction of sp³-hybridized carbons (Fsp3) is 0.385. The van der Waals surface area contributed by atoms with Crippen molar-refractivity contribution in [3.8, 4) is 5.75 Å². The number of hydrogen-bond donors (Lipinski definition) is 2. The first-order chi connectivity index (χ1) is 8.91. The van der Waals surface area contributed by atoms with E-state index in [0.717, 1.165) is 12.0 Å². The number of anilines is 1. The molecule has 0 unspecified atom stereocenters. The van der Waals surface area contributed by atoms with E-state index in [1.165, 1.54) is 7.11 Å². The molecule has 19 heavy (non-hydrogen) atoms. The first kappa shape index (κ1) is 13.2. The van der Waals surface area contributed by atoms with Crippen LogP contribution >= 0.6 is 0 Å². The van der Waals surface area contributed by atoms with E-state index >= 15 is 0 Å². The molecule has 3 amide bonds. The zero-order valence-electron chi connectivity index (χ0n) is 11.1. The lowest BCUT2D eigenvalue weighted by Crippen LogP contribution is -2.34. The van der Waals surface area contributed by atoms with Crippen LogP contribution in [0.4, 0.5) is 15.3 Å². The number of carbonyl (C=O) groups excluding carboxylic acids is 2. The number of para-hydroxylation sites is 1. The summed E-state index contributed by atoms with van der Waals surface area (Å²) >= 11 is 0. The van der Waals surface area contributed by atoms with Crippen molar-refractivity contribution in [1.29, 1.82) is 0 Å². The summed E-state index contributed by atoms with van der Waals surface area (Å²) < 4.78 is 10.1. The molecule has 0 aliphatic carbocycles. The quantitative estimate of drug-likeness (QED) is 0.815. The molecule has 0 atom stereocenters. The molecule has 0 bridgehead atoms. The molecule has 6 nitrogen and oxygen atoms in total. The maximum absolute atomic E-state index is 11.6. The number of amides is 3. The summed E-state index contributed by atoms with van der Waals surface area (Å²) in [5, 5.41) is 4.59. The van der Waals surface area contributed by atoms with Crippen molar-refractivity contribution in [2.75, 3.05) is 12.4 Å². The predicted molar refractivity (Wildman–Crippen MR) is 69.4 cm³/mol. The Morgan fingerprint density at radius 1 is 1.37 bits per heavy atom. The monoisotopic (exact) mass is 264 g/mol. The van der Waals surface area contributed by atoms with Crippen molar-refractivity contribution in [3.63, 3.8) is 0 Å². The Hall–Kier alpha value is -2.24. The summed E-state index contributed by atoms with van der Waals surface area (Å²) in [5.74, 6) is 0.646. The van der Waals surface area contributed by atoms with Crippen molar-refractivity contribution >= 4 is 17.8 Å². The third-order valence-electron chi connectivity index (χ3n) is 2.74. The number of alkyl carbamates (subject to hydrolysis) is 1. The molecule has 102 valence electrons. The molecular formula is C13H16N2O4. The molecule has 2 N–H and O–H groups in total. The molecule has 0 saturated carbocycles. The molecule has 0 saturated heterocycles. The van der Waals surface area contributed by atoms with Crippen LogP contribution in [0.2, 0.25) is 0 Å². The van der Waals surface area contributed by atoms with Gasteiger partial charge < -0.3 is 14.8 Å². The normalized spacial score (nSPS) is 15.1. The molecule has 1 aromatic rings. The van der Waals surface area contributed by atoms with Gasteiger partial charge in [-0.1, -0.05) is 12.1 Å². The van der Waals surface area contributed by atoms with E-state index < -0.39 is 12.1 Å². The lowest BCUT2D eigenvalue weighted by molar-refractivity contribution is 0.139. The van der Waals surface area contributed by atoms with E-state index in [4.69, 9.17) is 4.74 Å². The summed E-state index contributed by atoms with van der Waals surface area (Å²) in [7, 11) is 1.19. The first-order valence-corrected chi connectivity index (χ1v) is 5.88. The predicted octanol–water partition coefficient (Wildman–Crippen LogP) is 2.29. The Labute approximate surface area is 111 Å². The Morgan fingerprint density at radius 2 is 2.11 bits per heavy atom. The van der Waals surface area contributed by atoms with E-state index in [-0.39, 0.29) is 5.60 Å². The van der Waals surface area contributed by atoms with Gasteiger partial charge in [0.05, 0.1) is 12.8 Å². The molecule has 1 heterocycles. The average molecular weight is 264 g/mol. The van der Waals surface area contributed by atoms with Crippen LogP contribution in [-0.4, -0.2) is 24.8 Å². The van der Waals surface area contributed by atoms with Crippen molar-refractivity contribution in [2.45, 2.75) is 25.9 Å². The number of nitrogens with one attached hydrogen (secondary N) is 2.